The molecule has 1 aromatic rings. The van der Waals surface area contributed by atoms with Crippen molar-refractivity contribution in [2.45, 2.75) is 19.8 Å². The Labute approximate surface area is 83.5 Å². The van der Waals surface area contributed by atoms with Gasteiger partial charge >= 0.3 is 0 Å². The molecule has 1 aromatic heterocycles. The summed E-state index contributed by atoms with van der Waals surface area (Å²) in [6, 6.07) is 3.97. The second-order valence-electron chi connectivity index (χ2n) is 2.69. The van der Waals surface area contributed by atoms with E-state index in [0.29, 0.717) is 5.92 Å². The van der Waals surface area contributed by atoms with E-state index in [-0.39, 0.29) is 0 Å². The summed E-state index contributed by atoms with van der Waals surface area (Å²) in [6.45, 7) is 4.25. The third kappa shape index (κ3) is 2.56. The van der Waals surface area contributed by atoms with Crippen LogP contribution in [0.2, 0.25) is 0 Å². The maximum Gasteiger partial charge on any atom is 0.107 e. The van der Waals surface area contributed by atoms with E-state index in [1.54, 1.807) is 0 Å². The largest absolute Gasteiger partial charge is 0.246 e. The molecule has 0 amide bonds. The fourth-order valence-electron chi connectivity index (χ4n) is 0.780. The summed E-state index contributed by atoms with van der Waals surface area (Å²) in [4.78, 5) is 4.32. The van der Waals surface area contributed by atoms with Gasteiger partial charge in [0.25, 0.3) is 0 Å². The lowest BCUT2D eigenvalue weighted by molar-refractivity contribution is 0.817. The van der Waals surface area contributed by atoms with E-state index in [1.165, 1.54) is 0 Å². The number of hydrogen-bond acceptors (Lipinski definition) is 1. The summed E-state index contributed by atoms with van der Waals surface area (Å²) < 4.78 is 1.96. The lowest BCUT2D eigenvalue weighted by atomic mass is 10.1. The van der Waals surface area contributed by atoms with Gasteiger partial charge in [-0.05, 0) is 34.0 Å². The first-order valence-electron chi connectivity index (χ1n) is 3.42. The Kier molecular flexibility index (Phi) is 3.07. The molecular weight excluding hydrogens is 270 g/mol. The standard InChI is InChI=1S/C8H9Br2N/c1-5(2)7-3-6(9)4-8(10)11-7/h3-5H,1-2H3. The second kappa shape index (κ2) is 3.68. The number of nitrogens with zero attached hydrogens (tertiary/aromatic N) is 1. The van der Waals surface area contributed by atoms with Crippen LogP contribution in [0.5, 0.6) is 0 Å². The molecule has 0 saturated carbocycles. The number of aromatic nitrogens is 1. The van der Waals surface area contributed by atoms with Gasteiger partial charge < -0.3 is 0 Å². The highest BCUT2D eigenvalue weighted by molar-refractivity contribution is 9.11. The van der Waals surface area contributed by atoms with Crippen molar-refractivity contribution < 1.29 is 0 Å². The van der Waals surface area contributed by atoms with Crippen molar-refractivity contribution in [1.29, 1.82) is 0 Å². The summed E-state index contributed by atoms with van der Waals surface area (Å²) in [5.41, 5.74) is 1.10. The Balaban J connectivity index is 3.08. The van der Waals surface area contributed by atoms with Gasteiger partial charge in [-0.3, -0.25) is 0 Å². The molecule has 0 radical (unpaired) electrons. The molecule has 0 spiro atoms. The minimum Gasteiger partial charge on any atom is -0.246 e. The fourth-order valence-corrected chi connectivity index (χ4v) is 1.99. The number of halogens is 2. The van der Waals surface area contributed by atoms with Gasteiger partial charge in [0.15, 0.2) is 0 Å². The van der Waals surface area contributed by atoms with Crippen LogP contribution in [-0.2, 0) is 0 Å². The molecule has 0 aliphatic heterocycles. The lowest BCUT2D eigenvalue weighted by Crippen LogP contribution is -1.92. The molecule has 0 unspecified atom stereocenters. The van der Waals surface area contributed by atoms with Gasteiger partial charge in [0, 0.05) is 10.2 Å². The van der Waals surface area contributed by atoms with Gasteiger partial charge in [-0.25, -0.2) is 4.98 Å². The van der Waals surface area contributed by atoms with Crippen molar-refractivity contribution in [2.75, 3.05) is 0 Å². The molecule has 0 aliphatic rings. The summed E-state index contributed by atoms with van der Waals surface area (Å²) in [7, 11) is 0. The average molecular weight is 279 g/mol. The highest BCUT2D eigenvalue weighted by Gasteiger charge is 2.02. The predicted octanol–water partition coefficient (Wildman–Crippen LogP) is 3.73. The van der Waals surface area contributed by atoms with Crippen molar-refractivity contribution in [3.63, 3.8) is 0 Å². The molecular formula is C8H9Br2N. The Morgan fingerprint density at radius 2 is 1.91 bits per heavy atom. The lowest BCUT2D eigenvalue weighted by Gasteiger charge is -2.04. The number of rotatable bonds is 1. The first kappa shape index (κ1) is 9.20. The molecule has 60 valence electrons. The van der Waals surface area contributed by atoms with E-state index in [4.69, 9.17) is 0 Å². The zero-order chi connectivity index (χ0) is 8.43. The normalized spacial score (nSPS) is 10.6. The molecule has 1 nitrogen and oxygen atoms in total. The van der Waals surface area contributed by atoms with Crippen LogP contribution in [-0.4, -0.2) is 4.98 Å². The quantitative estimate of drug-likeness (QED) is 0.714. The van der Waals surface area contributed by atoms with Gasteiger partial charge in [-0.15, -0.1) is 0 Å². The Morgan fingerprint density at radius 3 is 2.36 bits per heavy atom. The predicted molar refractivity (Wildman–Crippen MR) is 53.7 cm³/mol. The first-order chi connectivity index (χ1) is 5.09. The molecule has 0 atom stereocenters. The van der Waals surface area contributed by atoms with Crippen molar-refractivity contribution >= 4 is 31.9 Å². The zero-order valence-corrected chi connectivity index (χ0v) is 9.61. The van der Waals surface area contributed by atoms with Crippen LogP contribution in [0.1, 0.15) is 25.5 Å². The Morgan fingerprint density at radius 1 is 1.27 bits per heavy atom. The zero-order valence-electron chi connectivity index (χ0n) is 6.44. The SMILES string of the molecule is CC(C)c1cc(Br)cc(Br)n1. The van der Waals surface area contributed by atoms with Crippen LogP contribution in [0.4, 0.5) is 0 Å². The van der Waals surface area contributed by atoms with Crippen molar-refractivity contribution in [3.8, 4) is 0 Å². The van der Waals surface area contributed by atoms with Gasteiger partial charge in [-0.1, -0.05) is 29.8 Å². The highest BCUT2D eigenvalue weighted by Crippen LogP contribution is 2.21. The third-order valence-corrected chi connectivity index (χ3v) is 2.23. The Bertz CT molecular complexity index is 238. The molecule has 0 aromatic carbocycles. The smallest absolute Gasteiger partial charge is 0.107 e. The Hall–Kier alpha value is 0.110. The average Bonchev–Trinajstić information content (AvgIpc) is 1.85. The number of hydrogen-bond donors (Lipinski definition) is 0. The molecule has 11 heavy (non-hydrogen) atoms. The van der Waals surface area contributed by atoms with Crippen LogP contribution >= 0.6 is 31.9 Å². The molecule has 0 bridgehead atoms. The van der Waals surface area contributed by atoms with E-state index >= 15 is 0 Å². The first-order valence-corrected chi connectivity index (χ1v) is 5.01. The molecule has 3 heteroatoms. The third-order valence-electron chi connectivity index (χ3n) is 1.37. The summed E-state index contributed by atoms with van der Waals surface area (Å²) >= 11 is 6.75. The van der Waals surface area contributed by atoms with E-state index < -0.39 is 0 Å². The summed E-state index contributed by atoms with van der Waals surface area (Å²) in [6.07, 6.45) is 0. The van der Waals surface area contributed by atoms with Crippen LogP contribution in [0.3, 0.4) is 0 Å². The minimum atomic E-state index is 0.476. The molecule has 0 fully saturated rings. The molecule has 0 saturated heterocycles. The van der Waals surface area contributed by atoms with Crippen LogP contribution in [0.15, 0.2) is 21.2 Å². The van der Waals surface area contributed by atoms with Crippen molar-refractivity contribution in [1.82, 2.24) is 4.98 Å². The van der Waals surface area contributed by atoms with E-state index in [2.05, 4.69) is 50.7 Å². The summed E-state index contributed by atoms with van der Waals surface area (Å²) in [5.74, 6) is 0.476. The fraction of sp³-hybridized carbons (Fsp3) is 0.375. The van der Waals surface area contributed by atoms with Crippen molar-refractivity contribution in [2.24, 2.45) is 0 Å². The number of pyridine rings is 1. The van der Waals surface area contributed by atoms with E-state index in [1.807, 2.05) is 12.1 Å². The van der Waals surface area contributed by atoms with Gasteiger partial charge in [-0.2, -0.15) is 0 Å². The molecule has 0 aliphatic carbocycles. The van der Waals surface area contributed by atoms with Gasteiger partial charge in [0.2, 0.25) is 0 Å². The van der Waals surface area contributed by atoms with Crippen LogP contribution in [0, 0.1) is 0 Å². The van der Waals surface area contributed by atoms with Gasteiger partial charge in [0.1, 0.15) is 4.60 Å². The summed E-state index contributed by atoms with van der Waals surface area (Å²) in [5, 5.41) is 0. The monoisotopic (exact) mass is 277 g/mol. The topological polar surface area (TPSA) is 12.9 Å². The van der Waals surface area contributed by atoms with Crippen molar-refractivity contribution in [3.05, 3.63) is 26.9 Å². The van der Waals surface area contributed by atoms with E-state index in [0.717, 1.165) is 14.8 Å². The minimum absolute atomic E-state index is 0.476. The maximum atomic E-state index is 4.32. The van der Waals surface area contributed by atoms with Crippen LogP contribution < -0.4 is 0 Å². The second-order valence-corrected chi connectivity index (χ2v) is 4.42. The molecule has 1 rings (SSSR count). The highest BCUT2D eigenvalue weighted by atomic mass is 79.9. The van der Waals surface area contributed by atoms with Crippen LogP contribution in [0.25, 0.3) is 0 Å². The molecule has 0 N–H and O–H groups in total. The molecule has 1 heterocycles. The van der Waals surface area contributed by atoms with E-state index in [9.17, 15) is 0 Å². The maximum absolute atomic E-state index is 4.32. The van der Waals surface area contributed by atoms with Gasteiger partial charge in [0.05, 0.1) is 0 Å².